The lowest BCUT2D eigenvalue weighted by atomic mass is 9.99. The molecule has 9 nitrogen and oxygen atoms in total. The van der Waals surface area contributed by atoms with Crippen molar-refractivity contribution in [3.63, 3.8) is 0 Å². The number of carbonyl (C=O) groups is 1. The van der Waals surface area contributed by atoms with E-state index in [1.165, 1.54) is 6.92 Å². The second-order valence-electron chi connectivity index (χ2n) is 5.83. The number of hydrogen-bond acceptors (Lipinski definition) is 9. The van der Waals surface area contributed by atoms with Crippen molar-refractivity contribution in [2.75, 3.05) is 12.8 Å². The number of rotatable bonds is 7. The summed E-state index contributed by atoms with van der Waals surface area (Å²) in [5.74, 6) is 5.45. The molecule has 4 N–H and O–H groups in total. The highest BCUT2D eigenvalue weighted by Gasteiger charge is 2.47. The first-order valence-electron chi connectivity index (χ1n) is 7.90. The van der Waals surface area contributed by atoms with E-state index in [1.807, 2.05) is 6.92 Å². The molecule has 0 unspecified atom stereocenters. The van der Waals surface area contributed by atoms with Gasteiger partial charge in [0, 0.05) is 14.0 Å². The molecule has 26 heavy (non-hydrogen) atoms. The summed E-state index contributed by atoms with van der Waals surface area (Å²) in [5, 5.41) is 0. The average molecular weight is 482 g/mol. The van der Waals surface area contributed by atoms with E-state index >= 15 is 0 Å². The first-order chi connectivity index (χ1) is 12.4. The van der Waals surface area contributed by atoms with E-state index in [4.69, 9.17) is 38.5 Å². The van der Waals surface area contributed by atoms with Crippen LogP contribution in [-0.4, -0.2) is 43.8 Å². The van der Waals surface area contributed by atoms with E-state index in [0.717, 1.165) is 5.56 Å². The molecule has 0 spiro atoms. The number of nitrogen functional groups attached to an aromatic ring is 1. The van der Waals surface area contributed by atoms with E-state index < -0.39 is 18.5 Å². The molecule has 1 aromatic carbocycles. The summed E-state index contributed by atoms with van der Waals surface area (Å²) in [4.78, 5) is 15.9. The molecular formula is C16H23IN2O7. The highest BCUT2D eigenvalue weighted by molar-refractivity contribution is 14.1. The van der Waals surface area contributed by atoms with Gasteiger partial charge in [-0.05, 0) is 24.6 Å². The van der Waals surface area contributed by atoms with Crippen molar-refractivity contribution in [3.05, 3.63) is 23.8 Å². The predicted molar refractivity (Wildman–Crippen MR) is 100 cm³/mol. The van der Waals surface area contributed by atoms with Crippen molar-refractivity contribution in [1.82, 2.24) is 0 Å². The van der Waals surface area contributed by atoms with Crippen molar-refractivity contribution in [3.8, 4) is 5.75 Å². The largest absolute Gasteiger partial charge is 0.461 e. The van der Waals surface area contributed by atoms with Crippen LogP contribution >= 0.6 is 23.0 Å². The minimum absolute atomic E-state index is 0.131. The van der Waals surface area contributed by atoms with Gasteiger partial charge in [-0.15, -0.1) is 0 Å². The predicted octanol–water partition coefficient (Wildman–Crippen LogP) is 1.46. The van der Waals surface area contributed by atoms with Crippen LogP contribution < -0.4 is 16.4 Å². The summed E-state index contributed by atoms with van der Waals surface area (Å²) >= 11 is 1.77. The van der Waals surface area contributed by atoms with Crippen LogP contribution in [0, 0.1) is 0 Å². The minimum Gasteiger partial charge on any atom is -0.461 e. The molecule has 0 aromatic heterocycles. The lowest BCUT2D eigenvalue weighted by Gasteiger charge is -2.42. The maximum absolute atomic E-state index is 10.9. The zero-order valence-corrected chi connectivity index (χ0v) is 16.9. The Morgan fingerprint density at radius 1 is 1.31 bits per heavy atom. The van der Waals surface area contributed by atoms with Crippen LogP contribution in [0.5, 0.6) is 5.75 Å². The summed E-state index contributed by atoms with van der Waals surface area (Å²) in [6.07, 6.45) is -2.76. The van der Waals surface area contributed by atoms with Gasteiger partial charge in [0.1, 0.15) is 47.6 Å². The summed E-state index contributed by atoms with van der Waals surface area (Å²) in [5.41, 5.74) is 7.14. The topological polar surface area (TPSA) is 124 Å². The van der Waals surface area contributed by atoms with Crippen LogP contribution in [0.4, 0.5) is 5.69 Å². The highest BCUT2D eigenvalue weighted by atomic mass is 127. The lowest BCUT2D eigenvalue weighted by Crippen LogP contribution is -2.60. The number of halogens is 1. The van der Waals surface area contributed by atoms with E-state index in [0.29, 0.717) is 11.4 Å². The third-order valence-corrected chi connectivity index (χ3v) is 4.61. The molecule has 0 aliphatic carbocycles. The molecule has 2 rings (SSSR count). The van der Waals surface area contributed by atoms with Crippen LogP contribution in [-0.2, 0) is 33.5 Å². The molecule has 1 aliphatic heterocycles. The number of benzene rings is 1. The molecule has 1 saturated heterocycles. The Morgan fingerprint density at radius 3 is 2.58 bits per heavy atom. The zero-order valence-electron chi connectivity index (χ0n) is 14.7. The lowest BCUT2D eigenvalue weighted by molar-refractivity contribution is -0.274. The number of methoxy groups -OCH3 is 1. The first kappa shape index (κ1) is 21.1. The summed E-state index contributed by atoms with van der Waals surface area (Å²) in [6.45, 7) is 3.31. The van der Waals surface area contributed by atoms with Gasteiger partial charge in [0.25, 0.3) is 0 Å². The third-order valence-electron chi connectivity index (χ3n) is 4.02. The number of nitrogens with two attached hydrogens (primary N) is 2. The fourth-order valence-corrected chi connectivity index (χ4v) is 3.32. The molecule has 0 bridgehead atoms. The molecule has 0 radical (unpaired) electrons. The van der Waals surface area contributed by atoms with Gasteiger partial charge in [-0.3, -0.25) is 9.63 Å². The Balaban J connectivity index is 2.14. The monoisotopic (exact) mass is 482 g/mol. The van der Waals surface area contributed by atoms with Gasteiger partial charge >= 0.3 is 5.97 Å². The smallest absolute Gasteiger partial charge is 0.302 e. The highest BCUT2D eigenvalue weighted by Crippen LogP contribution is 2.32. The van der Waals surface area contributed by atoms with Crippen molar-refractivity contribution in [1.29, 1.82) is 0 Å². The van der Waals surface area contributed by atoms with Crippen LogP contribution in [0.3, 0.4) is 0 Å². The summed E-state index contributed by atoms with van der Waals surface area (Å²) in [7, 11) is 1.56. The van der Waals surface area contributed by atoms with Gasteiger partial charge in [0.2, 0.25) is 6.29 Å². The van der Waals surface area contributed by atoms with E-state index in [1.54, 1.807) is 48.3 Å². The second kappa shape index (κ2) is 9.67. The molecule has 146 valence electrons. The van der Waals surface area contributed by atoms with Crippen molar-refractivity contribution in [2.45, 2.75) is 51.2 Å². The average Bonchev–Trinajstić information content (AvgIpc) is 2.61. The van der Waals surface area contributed by atoms with Crippen molar-refractivity contribution in [2.24, 2.45) is 5.90 Å². The van der Waals surface area contributed by atoms with Gasteiger partial charge in [-0.2, -0.15) is 0 Å². The zero-order chi connectivity index (χ0) is 19.3. The van der Waals surface area contributed by atoms with E-state index in [-0.39, 0.29) is 24.8 Å². The van der Waals surface area contributed by atoms with Crippen LogP contribution in [0.2, 0.25) is 0 Å². The number of anilines is 1. The Morgan fingerprint density at radius 2 is 2.04 bits per heavy atom. The maximum Gasteiger partial charge on any atom is 0.302 e. The molecule has 1 heterocycles. The van der Waals surface area contributed by atoms with Crippen LogP contribution in [0.1, 0.15) is 19.4 Å². The molecule has 1 aliphatic rings. The Kier molecular flexibility index (Phi) is 7.85. The Hall–Kier alpha value is -1.18. The molecular weight excluding hydrogens is 459 g/mol. The third kappa shape index (κ3) is 4.96. The van der Waals surface area contributed by atoms with Crippen LogP contribution in [0.25, 0.3) is 0 Å². The number of esters is 1. The Labute approximate surface area is 165 Å². The fourth-order valence-electron chi connectivity index (χ4n) is 2.74. The van der Waals surface area contributed by atoms with Crippen molar-refractivity contribution >= 4 is 34.7 Å². The van der Waals surface area contributed by atoms with Gasteiger partial charge in [0.15, 0.2) is 6.10 Å². The summed E-state index contributed by atoms with van der Waals surface area (Å²) in [6, 6.07) is 5.06. The minimum atomic E-state index is -0.845. The number of ether oxygens (including phenoxy) is 4. The van der Waals surface area contributed by atoms with Gasteiger partial charge in [0.05, 0.1) is 11.8 Å². The molecule has 0 amide bonds. The molecule has 1 fully saturated rings. The maximum atomic E-state index is 10.9. The van der Waals surface area contributed by atoms with Gasteiger partial charge in [-0.25, -0.2) is 5.90 Å². The molecule has 1 aromatic rings. The van der Waals surface area contributed by atoms with Crippen molar-refractivity contribution < 1.29 is 31.6 Å². The molecule has 5 atom stereocenters. The molecule has 10 heteroatoms. The first-order valence-corrected chi connectivity index (χ1v) is 8.79. The number of hydrogen-bond donors (Lipinski definition) is 2. The Bertz CT molecular complexity index is 618. The van der Waals surface area contributed by atoms with Gasteiger partial charge in [-0.1, -0.05) is 6.07 Å². The SMILES string of the molecule is CO[C@H]1[C@H](OI)[C@@H](ON)[C@H](Oc2ccc(COC(C)=O)cc2N)O[C@@H]1C. The fraction of sp³-hybridized carbons (Fsp3) is 0.562. The van der Waals surface area contributed by atoms with Crippen LogP contribution in [0.15, 0.2) is 18.2 Å². The number of carbonyl (C=O) groups excluding carboxylic acids is 1. The molecule has 0 saturated carbocycles. The summed E-state index contributed by atoms with van der Waals surface area (Å²) < 4.78 is 27.5. The van der Waals surface area contributed by atoms with Gasteiger partial charge < -0.3 is 27.7 Å². The van der Waals surface area contributed by atoms with E-state index in [9.17, 15) is 4.79 Å². The normalized spacial score (nSPS) is 28.6. The van der Waals surface area contributed by atoms with E-state index in [2.05, 4.69) is 0 Å². The standard InChI is InChI=1S/C16H23IN2O7/c1-8-13(21-3)14(25-17)15(26-19)16(23-8)24-12-5-4-10(6-11(12)18)7-22-9(2)20/h4-6,8,13-16H,7,18-19H2,1-3H3/t8-,13-,14+,15-,16+/m1/s1. The second-order valence-corrected chi connectivity index (χ2v) is 6.34. The quantitative estimate of drug-likeness (QED) is 0.257.